The predicted octanol–water partition coefficient (Wildman–Crippen LogP) is 3.89. The molecule has 0 radical (unpaired) electrons. The molecule has 3 nitrogen and oxygen atoms in total. The molecule has 2 aromatic carbocycles. The van der Waals surface area contributed by atoms with Crippen LogP contribution >= 0.6 is 0 Å². The van der Waals surface area contributed by atoms with Gasteiger partial charge < -0.3 is 10.1 Å². The maximum absolute atomic E-state index is 11.6. The molecule has 1 aromatic heterocycles. The van der Waals surface area contributed by atoms with E-state index in [2.05, 4.69) is 4.98 Å². The van der Waals surface area contributed by atoms with Crippen LogP contribution in [0, 0.1) is 6.92 Å². The van der Waals surface area contributed by atoms with E-state index in [9.17, 15) is 9.90 Å². The van der Waals surface area contributed by atoms with Gasteiger partial charge in [0, 0.05) is 17.1 Å². The van der Waals surface area contributed by atoms with Crippen LogP contribution in [0.1, 0.15) is 22.6 Å². The van der Waals surface area contributed by atoms with Gasteiger partial charge in [-0.3, -0.25) is 4.79 Å². The summed E-state index contributed by atoms with van der Waals surface area (Å²) in [5, 5.41) is 10.7. The van der Waals surface area contributed by atoms with Gasteiger partial charge in [-0.1, -0.05) is 42.5 Å². The van der Waals surface area contributed by atoms with E-state index in [1.807, 2.05) is 61.7 Å². The quantitative estimate of drug-likeness (QED) is 0.761. The third kappa shape index (κ3) is 2.68. The number of aromatic amines is 1. The first-order chi connectivity index (χ1) is 10.1. The van der Waals surface area contributed by atoms with Crippen molar-refractivity contribution >= 4 is 16.9 Å². The molecule has 106 valence electrons. The highest BCUT2D eigenvalue weighted by Gasteiger charge is 2.20. The minimum Gasteiger partial charge on any atom is -0.481 e. The lowest BCUT2D eigenvalue weighted by atomic mass is 9.91. The number of nitrogens with one attached hydrogen (secondary N) is 1. The van der Waals surface area contributed by atoms with Crippen LogP contribution in [0.25, 0.3) is 10.9 Å². The molecule has 3 heteroatoms. The van der Waals surface area contributed by atoms with Crippen molar-refractivity contribution in [2.24, 2.45) is 0 Å². The van der Waals surface area contributed by atoms with E-state index < -0.39 is 11.9 Å². The van der Waals surface area contributed by atoms with E-state index in [-0.39, 0.29) is 0 Å². The number of aromatic nitrogens is 1. The molecule has 0 spiro atoms. The van der Waals surface area contributed by atoms with Crippen LogP contribution in [0.2, 0.25) is 0 Å². The van der Waals surface area contributed by atoms with Gasteiger partial charge in [0.25, 0.3) is 0 Å². The molecule has 1 heterocycles. The molecule has 0 aliphatic carbocycles. The Balaban J connectivity index is 1.97. The van der Waals surface area contributed by atoms with E-state index in [4.69, 9.17) is 0 Å². The molecule has 0 fully saturated rings. The standard InChI is InChI=1S/C18H17NO2/c1-12-11-19-17-10-14(7-8-15(12)17)16(18(20)21)9-13-5-3-2-4-6-13/h2-8,10-11,16,19H,9H2,1H3,(H,20,21). The number of carbonyl (C=O) groups is 1. The second-order valence-electron chi connectivity index (χ2n) is 5.36. The molecule has 0 bridgehead atoms. The lowest BCUT2D eigenvalue weighted by molar-refractivity contribution is -0.138. The summed E-state index contributed by atoms with van der Waals surface area (Å²) >= 11 is 0. The Morgan fingerprint density at radius 2 is 1.95 bits per heavy atom. The van der Waals surface area contributed by atoms with Crippen LogP contribution in [0.3, 0.4) is 0 Å². The molecule has 3 aromatic rings. The number of hydrogen-bond acceptors (Lipinski definition) is 1. The first kappa shape index (κ1) is 13.4. The minimum atomic E-state index is -0.790. The summed E-state index contributed by atoms with van der Waals surface area (Å²) in [5.74, 6) is -1.32. The number of aryl methyl sites for hydroxylation is 1. The van der Waals surface area contributed by atoms with Crippen molar-refractivity contribution in [3.8, 4) is 0 Å². The van der Waals surface area contributed by atoms with Crippen molar-refractivity contribution in [2.45, 2.75) is 19.3 Å². The third-order valence-electron chi connectivity index (χ3n) is 3.90. The number of aliphatic carboxylic acids is 1. The average Bonchev–Trinajstić information content (AvgIpc) is 2.86. The average molecular weight is 279 g/mol. The van der Waals surface area contributed by atoms with Gasteiger partial charge in [0.2, 0.25) is 0 Å². The maximum atomic E-state index is 11.6. The van der Waals surface area contributed by atoms with Crippen molar-refractivity contribution in [1.82, 2.24) is 4.98 Å². The van der Waals surface area contributed by atoms with Crippen LogP contribution in [0.15, 0.2) is 54.7 Å². The molecular weight excluding hydrogens is 262 g/mol. The zero-order valence-corrected chi connectivity index (χ0v) is 11.8. The van der Waals surface area contributed by atoms with Gasteiger partial charge in [-0.2, -0.15) is 0 Å². The molecule has 0 aliphatic rings. The van der Waals surface area contributed by atoms with Crippen LogP contribution in [0.4, 0.5) is 0 Å². The summed E-state index contributed by atoms with van der Waals surface area (Å²) in [7, 11) is 0. The second kappa shape index (κ2) is 5.44. The summed E-state index contributed by atoms with van der Waals surface area (Å²) in [5.41, 5.74) is 4.03. The Morgan fingerprint density at radius 1 is 1.19 bits per heavy atom. The SMILES string of the molecule is Cc1c[nH]c2cc(C(Cc3ccccc3)C(=O)O)ccc12. The summed E-state index contributed by atoms with van der Waals surface area (Å²) in [4.78, 5) is 14.8. The van der Waals surface area contributed by atoms with E-state index in [1.54, 1.807) is 0 Å². The highest BCUT2D eigenvalue weighted by Crippen LogP contribution is 2.26. The second-order valence-corrected chi connectivity index (χ2v) is 5.36. The summed E-state index contributed by atoms with van der Waals surface area (Å²) in [6.07, 6.45) is 2.45. The van der Waals surface area contributed by atoms with Crippen molar-refractivity contribution in [3.05, 3.63) is 71.4 Å². The largest absolute Gasteiger partial charge is 0.481 e. The number of benzene rings is 2. The zero-order valence-electron chi connectivity index (χ0n) is 11.8. The molecule has 0 aliphatic heterocycles. The highest BCUT2D eigenvalue weighted by atomic mass is 16.4. The minimum absolute atomic E-state index is 0.501. The summed E-state index contributed by atoms with van der Waals surface area (Å²) < 4.78 is 0. The monoisotopic (exact) mass is 279 g/mol. The number of carboxylic acids is 1. The van der Waals surface area contributed by atoms with Gasteiger partial charge >= 0.3 is 5.97 Å². The molecule has 0 saturated carbocycles. The number of carboxylic acid groups (broad SMARTS) is 1. The Bertz CT molecular complexity index is 774. The lowest BCUT2D eigenvalue weighted by Gasteiger charge is -2.13. The molecule has 0 amide bonds. The van der Waals surface area contributed by atoms with Crippen molar-refractivity contribution in [2.75, 3.05) is 0 Å². The van der Waals surface area contributed by atoms with Crippen molar-refractivity contribution in [3.63, 3.8) is 0 Å². The maximum Gasteiger partial charge on any atom is 0.311 e. The molecule has 21 heavy (non-hydrogen) atoms. The summed E-state index contributed by atoms with van der Waals surface area (Å²) in [6, 6.07) is 15.6. The van der Waals surface area contributed by atoms with Crippen molar-refractivity contribution < 1.29 is 9.90 Å². The number of hydrogen-bond donors (Lipinski definition) is 2. The predicted molar refractivity (Wildman–Crippen MR) is 83.6 cm³/mol. The summed E-state index contributed by atoms with van der Waals surface area (Å²) in [6.45, 7) is 2.04. The fourth-order valence-corrected chi connectivity index (χ4v) is 2.70. The fourth-order valence-electron chi connectivity index (χ4n) is 2.70. The number of fused-ring (bicyclic) bond motifs is 1. The van der Waals surface area contributed by atoms with Gasteiger partial charge in [-0.25, -0.2) is 0 Å². The highest BCUT2D eigenvalue weighted by molar-refractivity contribution is 5.85. The molecule has 1 unspecified atom stereocenters. The van der Waals surface area contributed by atoms with E-state index >= 15 is 0 Å². The van der Waals surface area contributed by atoms with Gasteiger partial charge in [0.15, 0.2) is 0 Å². The van der Waals surface area contributed by atoms with E-state index in [0.29, 0.717) is 6.42 Å². The first-order valence-electron chi connectivity index (χ1n) is 6.99. The van der Waals surface area contributed by atoms with Crippen LogP contribution < -0.4 is 0 Å². The van der Waals surface area contributed by atoms with E-state index in [0.717, 1.165) is 22.0 Å². The Labute approximate surface area is 123 Å². The molecule has 0 saturated heterocycles. The Morgan fingerprint density at radius 3 is 2.67 bits per heavy atom. The van der Waals surface area contributed by atoms with Crippen LogP contribution in [-0.2, 0) is 11.2 Å². The smallest absolute Gasteiger partial charge is 0.311 e. The van der Waals surface area contributed by atoms with Gasteiger partial charge in [-0.15, -0.1) is 0 Å². The van der Waals surface area contributed by atoms with Crippen molar-refractivity contribution in [1.29, 1.82) is 0 Å². The lowest BCUT2D eigenvalue weighted by Crippen LogP contribution is -2.14. The topological polar surface area (TPSA) is 53.1 Å². The normalized spacial score (nSPS) is 12.4. The van der Waals surface area contributed by atoms with Gasteiger partial charge in [0.05, 0.1) is 5.92 Å². The molecule has 2 N–H and O–H groups in total. The van der Waals surface area contributed by atoms with Gasteiger partial charge in [-0.05, 0) is 36.1 Å². The third-order valence-corrected chi connectivity index (χ3v) is 3.90. The molecule has 3 rings (SSSR count). The van der Waals surface area contributed by atoms with Crippen LogP contribution in [-0.4, -0.2) is 16.1 Å². The first-order valence-corrected chi connectivity index (χ1v) is 6.99. The Hall–Kier alpha value is -2.55. The molecular formula is C18H17NO2. The van der Waals surface area contributed by atoms with Crippen LogP contribution in [0.5, 0.6) is 0 Å². The number of rotatable bonds is 4. The fraction of sp³-hybridized carbons (Fsp3) is 0.167. The molecule has 1 atom stereocenters. The number of H-pyrrole nitrogens is 1. The van der Waals surface area contributed by atoms with E-state index in [1.165, 1.54) is 5.56 Å². The Kier molecular flexibility index (Phi) is 3.48. The van der Waals surface area contributed by atoms with Gasteiger partial charge in [0.1, 0.15) is 0 Å². The zero-order chi connectivity index (χ0) is 14.8.